The van der Waals surface area contributed by atoms with Gasteiger partial charge in [0, 0.05) is 0 Å². The van der Waals surface area contributed by atoms with Crippen LogP contribution in [0.4, 0.5) is 0 Å². The zero-order valence-corrected chi connectivity index (χ0v) is 14.3. The molecule has 0 bridgehead atoms. The zero-order valence-electron chi connectivity index (χ0n) is 14.3. The van der Waals surface area contributed by atoms with Crippen molar-refractivity contribution in [2.75, 3.05) is 7.11 Å². The second-order valence-corrected chi connectivity index (χ2v) is 8.90. The second kappa shape index (κ2) is 5.54. The largest absolute Gasteiger partial charge is 0.504 e. The molecule has 0 aromatic heterocycles. The lowest BCUT2D eigenvalue weighted by molar-refractivity contribution is -0.0556. The maximum absolute atomic E-state index is 10.4. The van der Waals surface area contributed by atoms with Gasteiger partial charge in [-0.05, 0) is 91.9 Å². The van der Waals surface area contributed by atoms with Crippen LogP contribution in [0.1, 0.15) is 64.7 Å². The Balaban J connectivity index is 1.57. The van der Waals surface area contributed by atoms with Gasteiger partial charge < -0.3 is 9.84 Å². The van der Waals surface area contributed by atoms with E-state index in [4.69, 9.17) is 4.74 Å². The molecule has 0 aromatic carbocycles. The van der Waals surface area contributed by atoms with Crippen molar-refractivity contribution in [2.45, 2.75) is 70.8 Å². The highest BCUT2D eigenvalue weighted by atomic mass is 16.5. The highest BCUT2D eigenvalue weighted by Crippen LogP contribution is 2.62. The third kappa shape index (κ3) is 2.25. The van der Waals surface area contributed by atoms with Crippen molar-refractivity contribution in [3.05, 3.63) is 11.8 Å². The van der Waals surface area contributed by atoms with E-state index in [1.807, 2.05) is 6.26 Å². The average molecular weight is 304 g/mol. The normalized spacial score (nSPS) is 52.8. The monoisotopic (exact) mass is 304 g/mol. The van der Waals surface area contributed by atoms with Crippen LogP contribution in [0.3, 0.4) is 0 Å². The summed E-state index contributed by atoms with van der Waals surface area (Å²) in [5.74, 6) is 4.46. The van der Waals surface area contributed by atoms with Gasteiger partial charge in [0.1, 0.15) is 0 Å². The lowest BCUT2D eigenvalue weighted by Crippen LogP contribution is -2.48. The van der Waals surface area contributed by atoms with Gasteiger partial charge in [0.05, 0.1) is 19.5 Å². The molecule has 4 aliphatic rings. The first-order chi connectivity index (χ1) is 10.6. The van der Waals surface area contributed by atoms with Crippen molar-refractivity contribution in [3.63, 3.8) is 0 Å². The van der Waals surface area contributed by atoms with Gasteiger partial charge in [0.25, 0.3) is 0 Å². The van der Waals surface area contributed by atoms with Gasteiger partial charge in [-0.1, -0.05) is 13.3 Å². The van der Waals surface area contributed by atoms with E-state index in [0.717, 1.165) is 48.0 Å². The van der Waals surface area contributed by atoms with E-state index in [2.05, 4.69) is 6.92 Å². The summed E-state index contributed by atoms with van der Waals surface area (Å²) in [4.78, 5) is 0. The van der Waals surface area contributed by atoms with Crippen LogP contribution < -0.4 is 0 Å². The number of methoxy groups -OCH3 is 1. The Morgan fingerprint density at radius 1 is 1.09 bits per heavy atom. The van der Waals surface area contributed by atoms with Gasteiger partial charge in [0.2, 0.25) is 0 Å². The molecule has 0 spiro atoms. The molecule has 4 rings (SSSR count). The fraction of sp³-hybridized carbons (Fsp3) is 0.900. The molecule has 1 N–H and O–H groups in total. The minimum Gasteiger partial charge on any atom is -0.504 e. The average Bonchev–Trinajstić information content (AvgIpc) is 2.90. The van der Waals surface area contributed by atoms with Crippen molar-refractivity contribution < 1.29 is 9.84 Å². The molecule has 124 valence electrons. The molecule has 7 atom stereocenters. The molecule has 22 heavy (non-hydrogen) atoms. The molecular weight excluding hydrogens is 272 g/mol. The first-order valence-corrected chi connectivity index (χ1v) is 9.52. The first-order valence-electron chi connectivity index (χ1n) is 9.52. The number of rotatable bonds is 1. The van der Waals surface area contributed by atoms with E-state index in [1.165, 1.54) is 44.9 Å². The molecule has 0 aromatic rings. The molecule has 0 heterocycles. The van der Waals surface area contributed by atoms with Crippen LogP contribution in [0.2, 0.25) is 0 Å². The summed E-state index contributed by atoms with van der Waals surface area (Å²) >= 11 is 0. The first kappa shape index (κ1) is 15.1. The van der Waals surface area contributed by atoms with Crippen LogP contribution in [0.5, 0.6) is 0 Å². The molecule has 0 aliphatic heterocycles. The predicted molar refractivity (Wildman–Crippen MR) is 88.2 cm³/mol. The Bertz CT molecular complexity index is 457. The van der Waals surface area contributed by atoms with Crippen LogP contribution >= 0.6 is 0 Å². The number of fused-ring (bicyclic) bond motifs is 5. The van der Waals surface area contributed by atoms with Crippen LogP contribution in [0.15, 0.2) is 11.8 Å². The number of aliphatic hydroxyl groups excluding tert-OH is 1. The van der Waals surface area contributed by atoms with Crippen molar-refractivity contribution >= 4 is 0 Å². The Morgan fingerprint density at radius 3 is 2.77 bits per heavy atom. The van der Waals surface area contributed by atoms with E-state index in [9.17, 15) is 5.11 Å². The maximum Gasteiger partial charge on any atom is 0.0842 e. The summed E-state index contributed by atoms with van der Waals surface area (Å²) in [6.07, 6.45) is 13.7. The molecule has 4 aliphatic carbocycles. The molecule has 0 radical (unpaired) electrons. The van der Waals surface area contributed by atoms with Gasteiger partial charge in [-0.3, -0.25) is 0 Å². The Morgan fingerprint density at radius 2 is 1.95 bits per heavy atom. The molecular formula is C20H32O2. The molecule has 4 fully saturated rings. The number of aliphatic hydroxyl groups is 1. The molecule has 2 heteroatoms. The highest BCUT2D eigenvalue weighted by molar-refractivity contribution is 5.14. The standard InChI is InChI=1S/C20H32O2/c1-20-8-3-4-18(20)16-6-5-13-11-19(21)14(12-22-2)10-17(13)15(16)7-9-20/h12-13,15-19,21H,3-11H2,1-2H3/t13?,15-,16+,17-,18-,19-,20-/m0/s1. The van der Waals surface area contributed by atoms with E-state index >= 15 is 0 Å². The van der Waals surface area contributed by atoms with Gasteiger partial charge in [-0.2, -0.15) is 0 Å². The van der Waals surface area contributed by atoms with Crippen molar-refractivity contribution in [3.8, 4) is 0 Å². The number of hydrogen-bond acceptors (Lipinski definition) is 2. The fourth-order valence-electron chi connectivity index (χ4n) is 6.96. The van der Waals surface area contributed by atoms with E-state index in [-0.39, 0.29) is 6.10 Å². The van der Waals surface area contributed by atoms with Crippen molar-refractivity contribution in [1.82, 2.24) is 0 Å². The second-order valence-electron chi connectivity index (χ2n) is 8.90. The van der Waals surface area contributed by atoms with Gasteiger partial charge in [0.15, 0.2) is 0 Å². The van der Waals surface area contributed by atoms with Gasteiger partial charge in [-0.15, -0.1) is 0 Å². The molecule has 1 unspecified atom stereocenters. The maximum atomic E-state index is 10.4. The van der Waals surface area contributed by atoms with Crippen LogP contribution in [-0.2, 0) is 4.74 Å². The fourth-order valence-corrected chi connectivity index (χ4v) is 6.96. The summed E-state index contributed by atoms with van der Waals surface area (Å²) in [5.41, 5.74) is 1.82. The minimum atomic E-state index is -0.252. The SMILES string of the molecule is COC=C1C[C@H]2C(CC[C@@H]3[C@@H]2CC[C@]2(C)CCC[C@@H]32)C[C@@H]1O. The summed E-state index contributed by atoms with van der Waals surface area (Å²) < 4.78 is 5.23. The summed E-state index contributed by atoms with van der Waals surface area (Å²) in [5, 5.41) is 10.4. The third-order valence-electron chi connectivity index (χ3n) is 7.99. The summed E-state index contributed by atoms with van der Waals surface area (Å²) in [7, 11) is 1.71. The van der Waals surface area contributed by atoms with Crippen LogP contribution in [-0.4, -0.2) is 18.3 Å². The lowest BCUT2D eigenvalue weighted by Gasteiger charge is -2.55. The number of ether oxygens (including phenoxy) is 1. The van der Waals surface area contributed by atoms with Crippen molar-refractivity contribution in [1.29, 1.82) is 0 Å². The Labute approximate surface area is 135 Å². The lowest BCUT2D eigenvalue weighted by atomic mass is 9.50. The minimum absolute atomic E-state index is 0.252. The summed E-state index contributed by atoms with van der Waals surface area (Å²) in [6.45, 7) is 2.58. The van der Waals surface area contributed by atoms with E-state index < -0.39 is 0 Å². The molecule has 2 nitrogen and oxygen atoms in total. The highest BCUT2D eigenvalue weighted by Gasteiger charge is 2.53. The Hall–Kier alpha value is -0.500. The predicted octanol–water partition coefficient (Wildman–Crippen LogP) is 4.53. The van der Waals surface area contributed by atoms with Crippen LogP contribution in [0, 0.1) is 35.0 Å². The van der Waals surface area contributed by atoms with Gasteiger partial charge >= 0.3 is 0 Å². The molecule has 4 saturated carbocycles. The molecule has 0 amide bonds. The molecule has 0 saturated heterocycles. The topological polar surface area (TPSA) is 29.5 Å². The Kier molecular flexibility index (Phi) is 3.79. The van der Waals surface area contributed by atoms with Crippen LogP contribution in [0.25, 0.3) is 0 Å². The summed E-state index contributed by atoms with van der Waals surface area (Å²) in [6, 6.07) is 0. The van der Waals surface area contributed by atoms with E-state index in [0.29, 0.717) is 5.41 Å². The number of hydrogen-bond donors (Lipinski definition) is 1. The van der Waals surface area contributed by atoms with Crippen molar-refractivity contribution in [2.24, 2.45) is 35.0 Å². The third-order valence-corrected chi connectivity index (χ3v) is 7.99. The van der Waals surface area contributed by atoms with E-state index in [1.54, 1.807) is 7.11 Å². The quantitative estimate of drug-likeness (QED) is 0.721. The van der Waals surface area contributed by atoms with Gasteiger partial charge in [-0.25, -0.2) is 0 Å². The zero-order chi connectivity index (χ0) is 15.3. The smallest absolute Gasteiger partial charge is 0.0842 e.